The van der Waals surface area contributed by atoms with Crippen LogP contribution in [0.25, 0.3) is 0 Å². The Kier molecular flexibility index (Phi) is 7.74. The summed E-state index contributed by atoms with van der Waals surface area (Å²) in [4.78, 5) is 2.34. The quantitative estimate of drug-likeness (QED) is 0.599. The first kappa shape index (κ1) is 16.2. The van der Waals surface area contributed by atoms with Gasteiger partial charge in [-0.15, -0.1) is 23.0 Å². The van der Waals surface area contributed by atoms with Crippen LogP contribution in [0.4, 0.5) is 0 Å². The molecule has 6 heteroatoms. The lowest BCUT2D eigenvalue weighted by Gasteiger charge is -2.31. The van der Waals surface area contributed by atoms with E-state index < -0.39 is 0 Å². The molecular weight excluding hydrogens is 258 g/mol. The summed E-state index contributed by atoms with van der Waals surface area (Å²) in [5.41, 5.74) is 6.18. The van der Waals surface area contributed by atoms with Crippen LogP contribution in [0.5, 0.6) is 0 Å². The van der Waals surface area contributed by atoms with Crippen molar-refractivity contribution in [2.24, 2.45) is 5.10 Å². The largest absolute Gasteiger partial charge is 0.355 e. The molecule has 1 heterocycles. The number of unbranched alkanes of at least 4 members (excludes halogenated alkanes) is 2. The molecule has 110 valence electrons. The summed E-state index contributed by atoms with van der Waals surface area (Å²) in [5, 5.41) is 7.01. The lowest BCUT2D eigenvalue weighted by atomic mass is 10.2. The van der Waals surface area contributed by atoms with Crippen molar-refractivity contribution in [3.05, 3.63) is 11.1 Å². The predicted octanol–water partition coefficient (Wildman–Crippen LogP) is 2.32. The van der Waals surface area contributed by atoms with Gasteiger partial charge < -0.3 is 4.90 Å². The Balaban J connectivity index is 2.72. The highest BCUT2D eigenvalue weighted by molar-refractivity contribution is 7.84. The minimum absolute atomic E-state index is 0.809. The minimum Gasteiger partial charge on any atom is -0.355 e. The molecular formula is C13H27N5S. The third kappa shape index (κ3) is 5.74. The van der Waals surface area contributed by atoms with Crippen LogP contribution in [-0.2, 0) is 0 Å². The number of nitrogens with zero attached hydrogens (tertiary/aromatic N) is 3. The zero-order valence-corrected chi connectivity index (χ0v) is 13.2. The molecule has 2 N–H and O–H groups in total. The van der Waals surface area contributed by atoms with Crippen LogP contribution in [0, 0.1) is 0 Å². The van der Waals surface area contributed by atoms with Gasteiger partial charge in [-0.05, 0) is 12.8 Å². The SMILES string of the molecule is CCCCN(CCCC)C1=NN(NCC)NC(S)=C1. The van der Waals surface area contributed by atoms with Gasteiger partial charge in [-0.25, -0.2) is 0 Å². The molecule has 5 nitrogen and oxygen atoms in total. The Labute approximate surface area is 122 Å². The second-order valence-electron chi connectivity index (χ2n) is 4.62. The molecule has 1 aliphatic rings. The highest BCUT2D eigenvalue weighted by Gasteiger charge is 2.15. The average molecular weight is 285 g/mol. The summed E-state index contributed by atoms with van der Waals surface area (Å²) in [7, 11) is 0. The van der Waals surface area contributed by atoms with Crippen LogP contribution >= 0.6 is 12.6 Å². The van der Waals surface area contributed by atoms with E-state index in [1.807, 2.05) is 13.0 Å². The maximum Gasteiger partial charge on any atom is 0.154 e. The maximum atomic E-state index is 4.56. The maximum absolute atomic E-state index is 4.56. The van der Waals surface area contributed by atoms with Gasteiger partial charge in [0.25, 0.3) is 0 Å². The summed E-state index contributed by atoms with van der Waals surface area (Å²) in [5.74, 6) is 0.978. The van der Waals surface area contributed by atoms with Crippen LogP contribution < -0.4 is 10.9 Å². The zero-order chi connectivity index (χ0) is 14.1. The number of hydrogen-bond acceptors (Lipinski definition) is 6. The third-order valence-electron chi connectivity index (χ3n) is 2.88. The molecule has 0 radical (unpaired) electrons. The van der Waals surface area contributed by atoms with Crippen molar-refractivity contribution >= 4 is 18.5 Å². The Morgan fingerprint density at radius 3 is 2.42 bits per heavy atom. The molecule has 1 aliphatic heterocycles. The fraction of sp³-hybridized carbons (Fsp3) is 0.769. The molecule has 1 rings (SSSR count). The first-order valence-electron chi connectivity index (χ1n) is 7.25. The smallest absolute Gasteiger partial charge is 0.154 e. The Morgan fingerprint density at radius 2 is 1.89 bits per heavy atom. The van der Waals surface area contributed by atoms with Gasteiger partial charge in [-0.2, -0.15) is 5.43 Å². The van der Waals surface area contributed by atoms with Gasteiger partial charge in [0.15, 0.2) is 5.84 Å². The highest BCUT2D eigenvalue weighted by atomic mass is 32.1. The van der Waals surface area contributed by atoms with Crippen molar-refractivity contribution in [1.82, 2.24) is 21.0 Å². The van der Waals surface area contributed by atoms with E-state index in [1.165, 1.54) is 25.7 Å². The van der Waals surface area contributed by atoms with Crippen LogP contribution in [0.1, 0.15) is 46.5 Å². The molecule has 0 aromatic heterocycles. The first-order chi connectivity index (χ1) is 9.21. The Bertz CT molecular complexity index is 308. The third-order valence-corrected chi connectivity index (χ3v) is 3.11. The molecule has 0 atom stereocenters. The summed E-state index contributed by atoms with van der Waals surface area (Å²) >= 11 is 4.41. The molecule has 0 aromatic carbocycles. The van der Waals surface area contributed by atoms with Gasteiger partial charge >= 0.3 is 0 Å². The second kappa shape index (κ2) is 9.09. The molecule has 19 heavy (non-hydrogen) atoms. The topological polar surface area (TPSA) is 42.9 Å². The van der Waals surface area contributed by atoms with Crippen molar-refractivity contribution in [1.29, 1.82) is 0 Å². The molecule has 0 fully saturated rings. The van der Waals surface area contributed by atoms with Gasteiger partial charge in [-0.1, -0.05) is 33.6 Å². The standard InChI is InChI=1S/C13H27N5S/c1-4-7-9-17(10-8-5-2)12-11-13(19)16-18(15-12)14-6-3/h11,14,16,19H,4-10H2,1-3H3. The van der Waals surface area contributed by atoms with Gasteiger partial charge in [-0.3, -0.25) is 5.43 Å². The molecule has 0 saturated heterocycles. The van der Waals surface area contributed by atoms with Crippen molar-refractivity contribution < 1.29 is 0 Å². The summed E-state index contributed by atoms with van der Waals surface area (Å²) in [6.45, 7) is 9.38. The molecule has 0 aromatic rings. The van der Waals surface area contributed by atoms with Gasteiger partial charge in [0.05, 0.1) is 5.03 Å². The molecule has 0 unspecified atom stereocenters. The number of amidine groups is 1. The molecule has 0 aliphatic carbocycles. The van der Waals surface area contributed by atoms with E-state index in [1.54, 1.807) is 5.23 Å². The van der Waals surface area contributed by atoms with Crippen molar-refractivity contribution in [2.75, 3.05) is 19.6 Å². The lowest BCUT2D eigenvalue weighted by molar-refractivity contribution is 0.142. The fourth-order valence-corrected chi connectivity index (χ4v) is 2.05. The monoisotopic (exact) mass is 285 g/mol. The predicted molar refractivity (Wildman–Crippen MR) is 84.5 cm³/mol. The van der Waals surface area contributed by atoms with E-state index in [-0.39, 0.29) is 0 Å². The van der Waals surface area contributed by atoms with Crippen molar-refractivity contribution in [2.45, 2.75) is 46.5 Å². The molecule has 0 amide bonds. The van der Waals surface area contributed by atoms with Crippen LogP contribution in [0.2, 0.25) is 0 Å². The number of nitrogens with one attached hydrogen (secondary N) is 2. The van der Waals surface area contributed by atoms with Gasteiger partial charge in [0.1, 0.15) is 0 Å². The van der Waals surface area contributed by atoms with Crippen molar-refractivity contribution in [3.63, 3.8) is 0 Å². The van der Waals surface area contributed by atoms with Gasteiger partial charge in [0.2, 0.25) is 0 Å². The average Bonchev–Trinajstić information content (AvgIpc) is 2.38. The number of rotatable bonds is 8. The summed E-state index contributed by atoms with van der Waals surface area (Å²) < 4.78 is 0. The van der Waals surface area contributed by atoms with Crippen LogP contribution in [0.15, 0.2) is 16.2 Å². The van der Waals surface area contributed by atoms with Crippen LogP contribution in [0.3, 0.4) is 0 Å². The number of hydrazine groups is 2. The second-order valence-corrected chi connectivity index (χ2v) is 5.10. The first-order valence-corrected chi connectivity index (χ1v) is 7.70. The Morgan fingerprint density at radius 1 is 1.26 bits per heavy atom. The van der Waals surface area contributed by atoms with E-state index in [0.29, 0.717) is 0 Å². The Hall–Kier alpha value is -0.880. The van der Waals surface area contributed by atoms with Gasteiger partial charge in [0, 0.05) is 25.7 Å². The normalized spacial score (nSPS) is 14.8. The molecule has 0 bridgehead atoms. The van der Waals surface area contributed by atoms with E-state index in [4.69, 9.17) is 0 Å². The summed E-state index contributed by atoms with van der Waals surface area (Å²) in [6, 6.07) is 0. The molecule has 0 saturated carbocycles. The van der Waals surface area contributed by atoms with E-state index in [2.05, 4.69) is 47.3 Å². The van der Waals surface area contributed by atoms with E-state index in [0.717, 1.165) is 30.5 Å². The highest BCUT2D eigenvalue weighted by Crippen LogP contribution is 2.09. The van der Waals surface area contributed by atoms with E-state index >= 15 is 0 Å². The zero-order valence-electron chi connectivity index (χ0n) is 12.3. The van der Waals surface area contributed by atoms with Crippen LogP contribution in [-0.4, -0.2) is 35.6 Å². The summed E-state index contributed by atoms with van der Waals surface area (Å²) in [6.07, 6.45) is 6.76. The number of hydrogen-bond donors (Lipinski definition) is 3. The number of thiol groups is 1. The lowest BCUT2D eigenvalue weighted by Crippen LogP contribution is -2.48. The van der Waals surface area contributed by atoms with Crippen molar-refractivity contribution in [3.8, 4) is 0 Å². The number of hydrazone groups is 1. The minimum atomic E-state index is 0.809. The fourth-order valence-electron chi connectivity index (χ4n) is 1.84. The van der Waals surface area contributed by atoms with E-state index in [9.17, 15) is 0 Å². The molecule has 0 spiro atoms.